The Kier molecular flexibility index (Phi) is 4.35. The number of amides is 3. The number of hydrogen-bond acceptors (Lipinski definition) is 4. The van der Waals surface area contributed by atoms with Gasteiger partial charge < -0.3 is 4.90 Å². The van der Waals surface area contributed by atoms with Crippen LogP contribution in [0.25, 0.3) is 0 Å². The van der Waals surface area contributed by atoms with Crippen LogP contribution in [-0.2, 0) is 16.1 Å². The highest BCUT2D eigenvalue weighted by Crippen LogP contribution is 2.26. The van der Waals surface area contributed by atoms with Gasteiger partial charge in [-0.05, 0) is 25.5 Å². The maximum Gasteiger partial charge on any atom is 0.256 e. The maximum atomic E-state index is 12.3. The van der Waals surface area contributed by atoms with E-state index in [0.717, 1.165) is 5.69 Å². The summed E-state index contributed by atoms with van der Waals surface area (Å²) in [6.45, 7) is 6.20. The van der Waals surface area contributed by atoms with Crippen LogP contribution in [0.1, 0.15) is 48.4 Å². The van der Waals surface area contributed by atoms with E-state index < -0.39 is 11.9 Å². The predicted molar refractivity (Wildman–Crippen MR) is 76.4 cm³/mol. The molecule has 0 aliphatic carbocycles. The number of imide groups is 1. The molecule has 0 aromatic carbocycles. The van der Waals surface area contributed by atoms with Crippen molar-refractivity contribution in [2.45, 2.75) is 46.2 Å². The van der Waals surface area contributed by atoms with E-state index in [1.807, 2.05) is 20.8 Å². The molecule has 3 rings (SSSR count). The van der Waals surface area contributed by atoms with Gasteiger partial charge in [-0.3, -0.25) is 24.7 Å². The van der Waals surface area contributed by atoms with Crippen molar-refractivity contribution >= 4 is 17.7 Å². The molecule has 1 atom stereocenters. The SMILES string of the molecule is CC.Cc1ccc2c(n1)CN(C1CCC(=O)NC1=O)C2=O. The quantitative estimate of drug-likeness (QED) is 0.787. The zero-order chi connectivity index (χ0) is 15.6. The van der Waals surface area contributed by atoms with Gasteiger partial charge in [0.15, 0.2) is 0 Å². The van der Waals surface area contributed by atoms with Crippen LogP contribution in [-0.4, -0.2) is 33.6 Å². The van der Waals surface area contributed by atoms with Gasteiger partial charge in [0.2, 0.25) is 11.8 Å². The Labute approximate surface area is 123 Å². The number of hydrogen-bond donors (Lipinski definition) is 1. The number of pyridine rings is 1. The van der Waals surface area contributed by atoms with Gasteiger partial charge >= 0.3 is 0 Å². The molecule has 0 bridgehead atoms. The van der Waals surface area contributed by atoms with Crippen LogP contribution in [0.2, 0.25) is 0 Å². The second-order valence-corrected chi connectivity index (χ2v) is 4.85. The molecule has 2 aliphatic heterocycles. The van der Waals surface area contributed by atoms with Gasteiger partial charge in [-0.15, -0.1) is 0 Å². The summed E-state index contributed by atoms with van der Waals surface area (Å²) in [6, 6.07) is 2.95. The van der Waals surface area contributed by atoms with Gasteiger partial charge in [0.1, 0.15) is 6.04 Å². The third-order valence-electron chi connectivity index (χ3n) is 3.51. The van der Waals surface area contributed by atoms with Crippen LogP contribution in [0.4, 0.5) is 0 Å². The summed E-state index contributed by atoms with van der Waals surface area (Å²) in [5.74, 6) is -0.856. The largest absolute Gasteiger partial charge is 0.321 e. The Balaban J connectivity index is 0.000000774. The van der Waals surface area contributed by atoms with Crippen molar-refractivity contribution in [3.05, 3.63) is 29.1 Å². The van der Waals surface area contributed by atoms with E-state index in [1.165, 1.54) is 4.90 Å². The smallest absolute Gasteiger partial charge is 0.256 e. The van der Waals surface area contributed by atoms with Gasteiger partial charge in [0, 0.05) is 12.1 Å². The summed E-state index contributed by atoms with van der Waals surface area (Å²) in [5, 5.41) is 2.27. The molecule has 1 N–H and O–H groups in total. The van der Waals surface area contributed by atoms with Crippen LogP contribution < -0.4 is 5.32 Å². The fraction of sp³-hybridized carbons (Fsp3) is 0.467. The fourth-order valence-corrected chi connectivity index (χ4v) is 2.54. The molecule has 6 heteroatoms. The molecule has 1 unspecified atom stereocenters. The van der Waals surface area contributed by atoms with Gasteiger partial charge in [0.25, 0.3) is 5.91 Å². The van der Waals surface area contributed by atoms with Gasteiger partial charge in [0.05, 0.1) is 17.8 Å². The Morgan fingerprint density at radius 1 is 1.24 bits per heavy atom. The number of aromatic nitrogens is 1. The third-order valence-corrected chi connectivity index (χ3v) is 3.51. The second kappa shape index (κ2) is 6.03. The number of carbonyl (C=O) groups is 3. The minimum absolute atomic E-state index is 0.183. The van der Waals surface area contributed by atoms with Crippen molar-refractivity contribution in [2.24, 2.45) is 0 Å². The Morgan fingerprint density at radius 2 is 1.95 bits per heavy atom. The summed E-state index contributed by atoms with van der Waals surface area (Å²) in [5.41, 5.74) is 2.10. The number of rotatable bonds is 1. The summed E-state index contributed by atoms with van der Waals surface area (Å²) < 4.78 is 0. The van der Waals surface area contributed by atoms with Crippen LogP contribution >= 0.6 is 0 Å². The molecule has 2 aliphatic rings. The summed E-state index contributed by atoms with van der Waals surface area (Å²) in [7, 11) is 0. The molecule has 6 nitrogen and oxygen atoms in total. The Morgan fingerprint density at radius 3 is 2.62 bits per heavy atom. The van der Waals surface area contributed by atoms with Crippen molar-refractivity contribution < 1.29 is 14.4 Å². The molecule has 0 saturated carbocycles. The zero-order valence-electron chi connectivity index (χ0n) is 12.5. The molecule has 3 amide bonds. The van der Waals surface area contributed by atoms with Crippen LogP contribution in [0, 0.1) is 6.92 Å². The minimum Gasteiger partial charge on any atom is -0.321 e. The molecule has 1 fully saturated rings. The lowest BCUT2D eigenvalue weighted by molar-refractivity contribution is -0.136. The number of nitrogens with one attached hydrogen (secondary N) is 1. The first-order valence-electron chi connectivity index (χ1n) is 7.17. The Hall–Kier alpha value is -2.24. The molecule has 1 aromatic rings. The molecule has 0 spiro atoms. The van der Waals surface area contributed by atoms with E-state index >= 15 is 0 Å². The molecule has 0 radical (unpaired) electrons. The van der Waals surface area contributed by atoms with E-state index in [1.54, 1.807) is 12.1 Å². The van der Waals surface area contributed by atoms with E-state index in [0.29, 0.717) is 24.2 Å². The first-order chi connectivity index (χ1) is 10.1. The highest BCUT2D eigenvalue weighted by Gasteiger charge is 2.39. The minimum atomic E-state index is -0.570. The van der Waals surface area contributed by atoms with Crippen molar-refractivity contribution in [3.63, 3.8) is 0 Å². The number of aryl methyl sites for hydroxylation is 1. The van der Waals surface area contributed by atoms with Crippen LogP contribution in [0.5, 0.6) is 0 Å². The predicted octanol–water partition coefficient (Wildman–Crippen LogP) is 1.18. The maximum absolute atomic E-state index is 12.3. The second-order valence-electron chi connectivity index (χ2n) is 4.85. The normalized spacial score (nSPS) is 20.6. The number of nitrogens with zero attached hydrogens (tertiary/aromatic N) is 2. The standard InChI is InChI=1S/C13H13N3O3.C2H6/c1-7-2-3-8-9(14-7)6-16(13(8)19)10-4-5-11(17)15-12(10)18;1-2/h2-3,10H,4-6H2,1H3,(H,15,17,18);1-2H3. The molecular formula is C15H19N3O3. The third kappa shape index (κ3) is 2.79. The molecule has 3 heterocycles. The topological polar surface area (TPSA) is 79.4 Å². The highest BCUT2D eigenvalue weighted by atomic mass is 16.2. The number of piperidine rings is 1. The summed E-state index contributed by atoms with van der Waals surface area (Å²) in [4.78, 5) is 41.0. The fourth-order valence-electron chi connectivity index (χ4n) is 2.54. The Bertz CT molecular complexity index is 598. The molecule has 112 valence electrons. The van der Waals surface area contributed by atoms with E-state index in [9.17, 15) is 14.4 Å². The first kappa shape index (κ1) is 15.2. The molecule has 1 aromatic heterocycles. The monoisotopic (exact) mass is 289 g/mol. The van der Waals surface area contributed by atoms with E-state index in [-0.39, 0.29) is 18.2 Å². The number of carbonyl (C=O) groups excluding carboxylic acids is 3. The molecular weight excluding hydrogens is 270 g/mol. The lowest BCUT2D eigenvalue weighted by atomic mass is 10.0. The molecule has 1 saturated heterocycles. The lowest BCUT2D eigenvalue weighted by Crippen LogP contribution is -2.52. The van der Waals surface area contributed by atoms with Crippen LogP contribution in [0.15, 0.2) is 12.1 Å². The van der Waals surface area contributed by atoms with Gasteiger partial charge in [-0.25, -0.2) is 0 Å². The highest BCUT2D eigenvalue weighted by molar-refractivity contribution is 6.05. The lowest BCUT2D eigenvalue weighted by Gasteiger charge is -2.29. The number of fused-ring (bicyclic) bond motifs is 1. The van der Waals surface area contributed by atoms with Crippen molar-refractivity contribution in [2.75, 3.05) is 0 Å². The van der Waals surface area contributed by atoms with Gasteiger partial charge in [-0.1, -0.05) is 13.8 Å². The summed E-state index contributed by atoms with van der Waals surface area (Å²) in [6.07, 6.45) is 0.645. The average molecular weight is 289 g/mol. The van der Waals surface area contributed by atoms with Gasteiger partial charge in [-0.2, -0.15) is 0 Å². The first-order valence-corrected chi connectivity index (χ1v) is 7.17. The van der Waals surface area contributed by atoms with E-state index in [2.05, 4.69) is 10.3 Å². The van der Waals surface area contributed by atoms with E-state index in [4.69, 9.17) is 0 Å². The summed E-state index contributed by atoms with van der Waals surface area (Å²) >= 11 is 0. The zero-order valence-corrected chi connectivity index (χ0v) is 12.5. The van der Waals surface area contributed by atoms with Crippen molar-refractivity contribution in [1.29, 1.82) is 0 Å². The molecule has 21 heavy (non-hydrogen) atoms. The average Bonchev–Trinajstić information content (AvgIpc) is 2.77. The van der Waals surface area contributed by atoms with Crippen molar-refractivity contribution in [3.8, 4) is 0 Å². The van der Waals surface area contributed by atoms with Crippen molar-refractivity contribution in [1.82, 2.24) is 15.2 Å². The van der Waals surface area contributed by atoms with Crippen LogP contribution in [0.3, 0.4) is 0 Å².